The Balaban J connectivity index is 2.10. The molecule has 0 aliphatic carbocycles. The number of rotatable bonds is 2. The number of hydrogen-bond donors (Lipinski definition) is 1. The molecule has 3 rings (SSSR count). The summed E-state index contributed by atoms with van der Waals surface area (Å²) in [6.07, 6.45) is 1.09. The van der Waals surface area contributed by atoms with Crippen molar-refractivity contribution in [2.45, 2.75) is 19.9 Å². The molecule has 1 heterocycles. The Bertz CT molecular complexity index is 624. The van der Waals surface area contributed by atoms with E-state index in [1.807, 2.05) is 12.1 Å². The molecule has 0 saturated carbocycles. The lowest BCUT2D eigenvalue weighted by Crippen LogP contribution is -2.31. The maximum absolute atomic E-state index is 13.4. The van der Waals surface area contributed by atoms with E-state index in [0.717, 1.165) is 24.2 Å². The van der Waals surface area contributed by atoms with Gasteiger partial charge in [0, 0.05) is 24.5 Å². The molecule has 1 unspecified atom stereocenters. The lowest BCUT2D eigenvalue weighted by molar-refractivity contribution is 0.561. The molecule has 2 aromatic carbocycles. The van der Waals surface area contributed by atoms with Crippen molar-refractivity contribution < 1.29 is 4.39 Å². The minimum Gasteiger partial charge on any atom is -0.341 e. The molecular formula is C17H19FN2. The van der Waals surface area contributed by atoms with Crippen molar-refractivity contribution in [3.8, 4) is 0 Å². The van der Waals surface area contributed by atoms with Crippen LogP contribution in [0.25, 0.3) is 0 Å². The second kappa shape index (κ2) is 5.25. The minimum absolute atomic E-state index is 0.229. The summed E-state index contributed by atoms with van der Waals surface area (Å²) in [5.74, 6) is 0.341. The Labute approximate surface area is 119 Å². The quantitative estimate of drug-likeness (QED) is 0.903. The molecule has 0 spiro atoms. The number of anilines is 2. The predicted molar refractivity (Wildman–Crippen MR) is 80.6 cm³/mol. The van der Waals surface area contributed by atoms with Crippen molar-refractivity contribution in [2.24, 2.45) is 11.7 Å². The van der Waals surface area contributed by atoms with Gasteiger partial charge in [-0.05, 0) is 47.7 Å². The molecule has 20 heavy (non-hydrogen) atoms. The SMILES string of the molecule is CC1Cc2ccccc2N(c2ccc(F)cc2CN)C1. The molecule has 2 aromatic rings. The van der Waals surface area contributed by atoms with E-state index in [1.54, 1.807) is 0 Å². The van der Waals surface area contributed by atoms with Gasteiger partial charge in [-0.2, -0.15) is 0 Å². The van der Waals surface area contributed by atoms with Crippen LogP contribution in [-0.2, 0) is 13.0 Å². The van der Waals surface area contributed by atoms with Crippen molar-refractivity contribution in [1.82, 2.24) is 0 Å². The fraction of sp³-hybridized carbons (Fsp3) is 0.294. The zero-order valence-electron chi connectivity index (χ0n) is 11.6. The van der Waals surface area contributed by atoms with Crippen LogP contribution in [0.2, 0.25) is 0 Å². The third-order valence-corrected chi connectivity index (χ3v) is 3.90. The highest BCUT2D eigenvalue weighted by atomic mass is 19.1. The van der Waals surface area contributed by atoms with E-state index in [1.165, 1.54) is 23.4 Å². The molecule has 0 aromatic heterocycles. The number of nitrogens with zero attached hydrogens (tertiary/aromatic N) is 1. The van der Waals surface area contributed by atoms with Crippen molar-refractivity contribution in [3.05, 3.63) is 59.4 Å². The van der Waals surface area contributed by atoms with Crippen molar-refractivity contribution in [2.75, 3.05) is 11.4 Å². The van der Waals surface area contributed by atoms with Gasteiger partial charge in [0.15, 0.2) is 0 Å². The van der Waals surface area contributed by atoms with E-state index in [-0.39, 0.29) is 5.82 Å². The third-order valence-electron chi connectivity index (χ3n) is 3.90. The molecule has 2 N–H and O–H groups in total. The molecule has 0 saturated heterocycles. The number of fused-ring (bicyclic) bond motifs is 1. The number of halogens is 1. The summed E-state index contributed by atoms with van der Waals surface area (Å²) in [6.45, 7) is 3.53. The standard InChI is InChI=1S/C17H19FN2/c1-12-8-13-4-2-3-5-16(13)20(11-12)17-7-6-15(18)9-14(17)10-19/h2-7,9,12H,8,10-11,19H2,1H3. The normalized spacial score (nSPS) is 17.9. The molecule has 3 heteroatoms. The van der Waals surface area contributed by atoms with Gasteiger partial charge in [-0.1, -0.05) is 25.1 Å². The molecule has 104 valence electrons. The molecule has 0 radical (unpaired) electrons. The zero-order valence-corrected chi connectivity index (χ0v) is 11.6. The van der Waals surface area contributed by atoms with E-state index in [4.69, 9.17) is 5.73 Å². The van der Waals surface area contributed by atoms with Crippen LogP contribution >= 0.6 is 0 Å². The Kier molecular flexibility index (Phi) is 3.45. The monoisotopic (exact) mass is 270 g/mol. The first-order chi connectivity index (χ1) is 9.69. The lowest BCUT2D eigenvalue weighted by Gasteiger charge is -2.36. The summed E-state index contributed by atoms with van der Waals surface area (Å²) in [5, 5.41) is 0. The summed E-state index contributed by atoms with van der Waals surface area (Å²) in [7, 11) is 0. The lowest BCUT2D eigenvalue weighted by atomic mass is 9.93. The van der Waals surface area contributed by atoms with Crippen LogP contribution in [0.4, 0.5) is 15.8 Å². The maximum Gasteiger partial charge on any atom is 0.123 e. The average Bonchev–Trinajstić information content (AvgIpc) is 2.46. The van der Waals surface area contributed by atoms with Gasteiger partial charge in [0.25, 0.3) is 0 Å². The highest BCUT2D eigenvalue weighted by Crippen LogP contribution is 2.36. The van der Waals surface area contributed by atoms with Crippen LogP contribution in [0, 0.1) is 11.7 Å². The highest BCUT2D eigenvalue weighted by molar-refractivity contribution is 5.70. The van der Waals surface area contributed by atoms with Gasteiger partial charge in [0.1, 0.15) is 5.82 Å². The first kappa shape index (κ1) is 13.1. The van der Waals surface area contributed by atoms with E-state index in [0.29, 0.717) is 12.5 Å². The van der Waals surface area contributed by atoms with Gasteiger partial charge in [0.2, 0.25) is 0 Å². The Morgan fingerprint density at radius 1 is 1.20 bits per heavy atom. The first-order valence-electron chi connectivity index (χ1n) is 7.03. The molecule has 0 amide bonds. The highest BCUT2D eigenvalue weighted by Gasteiger charge is 2.23. The first-order valence-corrected chi connectivity index (χ1v) is 7.03. The molecule has 1 aliphatic heterocycles. The largest absolute Gasteiger partial charge is 0.341 e. The van der Waals surface area contributed by atoms with Crippen LogP contribution in [-0.4, -0.2) is 6.54 Å². The van der Waals surface area contributed by atoms with Crippen molar-refractivity contribution >= 4 is 11.4 Å². The van der Waals surface area contributed by atoms with Gasteiger partial charge in [0.05, 0.1) is 0 Å². The second-order valence-electron chi connectivity index (χ2n) is 5.53. The van der Waals surface area contributed by atoms with Gasteiger partial charge < -0.3 is 10.6 Å². The fourth-order valence-electron chi connectivity index (χ4n) is 3.01. The van der Waals surface area contributed by atoms with Gasteiger partial charge >= 0.3 is 0 Å². The number of benzene rings is 2. The van der Waals surface area contributed by atoms with Crippen LogP contribution < -0.4 is 10.6 Å². The summed E-state index contributed by atoms with van der Waals surface area (Å²) in [6, 6.07) is 13.3. The van der Waals surface area contributed by atoms with Gasteiger partial charge in [-0.25, -0.2) is 4.39 Å². The summed E-state index contributed by atoms with van der Waals surface area (Å²) in [5.41, 5.74) is 10.2. The van der Waals surface area contributed by atoms with Crippen molar-refractivity contribution in [3.63, 3.8) is 0 Å². The molecule has 1 atom stereocenters. The van der Waals surface area contributed by atoms with E-state index in [2.05, 4.69) is 30.0 Å². The maximum atomic E-state index is 13.4. The average molecular weight is 270 g/mol. The van der Waals surface area contributed by atoms with Crippen molar-refractivity contribution in [1.29, 1.82) is 0 Å². The van der Waals surface area contributed by atoms with Crippen LogP contribution in [0.5, 0.6) is 0 Å². The molecule has 0 bridgehead atoms. The van der Waals surface area contributed by atoms with Gasteiger partial charge in [-0.3, -0.25) is 0 Å². The van der Waals surface area contributed by atoms with Crippen LogP contribution in [0.1, 0.15) is 18.1 Å². The summed E-state index contributed by atoms with van der Waals surface area (Å²) >= 11 is 0. The number of nitrogens with two attached hydrogens (primary N) is 1. The summed E-state index contributed by atoms with van der Waals surface area (Å²) < 4.78 is 13.4. The second-order valence-corrected chi connectivity index (χ2v) is 5.53. The summed E-state index contributed by atoms with van der Waals surface area (Å²) in [4.78, 5) is 2.27. The minimum atomic E-state index is -0.229. The molecule has 0 fully saturated rings. The Morgan fingerprint density at radius 3 is 2.80 bits per heavy atom. The molecule has 2 nitrogen and oxygen atoms in total. The third kappa shape index (κ3) is 2.29. The molecular weight excluding hydrogens is 251 g/mol. The Morgan fingerprint density at radius 2 is 2.00 bits per heavy atom. The fourth-order valence-corrected chi connectivity index (χ4v) is 3.01. The van der Waals surface area contributed by atoms with E-state index >= 15 is 0 Å². The smallest absolute Gasteiger partial charge is 0.123 e. The van der Waals surface area contributed by atoms with Gasteiger partial charge in [-0.15, -0.1) is 0 Å². The van der Waals surface area contributed by atoms with Crippen LogP contribution in [0.15, 0.2) is 42.5 Å². The molecule has 1 aliphatic rings. The Hall–Kier alpha value is -1.87. The van der Waals surface area contributed by atoms with Crippen LogP contribution in [0.3, 0.4) is 0 Å². The zero-order chi connectivity index (χ0) is 14.1. The predicted octanol–water partition coefficient (Wildman–Crippen LogP) is 3.61. The topological polar surface area (TPSA) is 29.3 Å². The van der Waals surface area contributed by atoms with E-state index < -0.39 is 0 Å². The van der Waals surface area contributed by atoms with E-state index in [9.17, 15) is 4.39 Å². The number of para-hydroxylation sites is 1. The number of hydrogen-bond acceptors (Lipinski definition) is 2.